The van der Waals surface area contributed by atoms with Gasteiger partial charge in [-0.25, -0.2) is 4.99 Å². The van der Waals surface area contributed by atoms with Crippen molar-refractivity contribution in [2.45, 2.75) is 12.4 Å². The highest BCUT2D eigenvalue weighted by Gasteiger charge is 2.47. The molecule has 0 amide bonds. The molecule has 0 fully saturated rings. The number of aliphatic imine (C=N–C) groups is 1. The van der Waals surface area contributed by atoms with Crippen molar-refractivity contribution in [3.05, 3.63) is 77.2 Å². The normalized spacial score (nSPS) is 15.1. The van der Waals surface area contributed by atoms with Crippen molar-refractivity contribution in [2.24, 2.45) is 4.99 Å². The number of anilines is 1. The number of para-hydroxylation sites is 1. The van der Waals surface area contributed by atoms with Crippen molar-refractivity contribution in [1.82, 2.24) is 4.72 Å². The highest BCUT2D eigenvalue weighted by molar-refractivity contribution is 7.90. The lowest BCUT2D eigenvalue weighted by atomic mass is 10.0. The molecule has 1 aliphatic rings. The van der Waals surface area contributed by atoms with Gasteiger partial charge in [0.2, 0.25) is 0 Å². The highest BCUT2D eigenvalue weighted by atomic mass is 32.2. The lowest BCUT2D eigenvalue weighted by Gasteiger charge is -2.22. The Hall–Kier alpha value is -2.81. The second-order valence-corrected chi connectivity index (χ2v) is 7.56. The average molecular weight is 395 g/mol. The summed E-state index contributed by atoms with van der Waals surface area (Å²) in [5, 5.41) is 0. The van der Waals surface area contributed by atoms with Crippen LogP contribution in [0, 0.1) is 0 Å². The maximum atomic E-state index is 12.9. The number of fused-ring (bicyclic) bond motifs is 1. The molecule has 1 heterocycles. The van der Waals surface area contributed by atoms with Crippen LogP contribution in [0.3, 0.4) is 0 Å². The predicted octanol–water partition coefficient (Wildman–Crippen LogP) is 3.60. The predicted molar refractivity (Wildman–Crippen MR) is 97.7 cm³/mol. The number of rotatable bonds is 3. The summed E-state index contributed by atoms with van der Waals surface area (Å²) in [4.78, 5) is 5.88. The van der Waals surface area contributed by atoms with Crippen molar-refractivity contribution < 1.29 is 21.6 Å². The second kappa shape index (κ2) is 6.73. The number of halogens is 3. The first kappa shape index (κ1) is 19.0. The number of allylic oxidation sites excluding steroid dienone is 1. The SMILES string of the molecule is CC1=C(NS(=O)(=O)C(F)(F)F)N=C(c2ccccc2)c2ccccc2N1C. The number of alkyl halides is 3. The van der Waals surface area contributed by atoms with Gasteiger partial charge in [-0.15, -0.1) is 0 Å². The Morgan fingerprint density at radius 1 is 1.00 bits per heavy atom. The van der Waals surface area contributed by atoms with Gasteiger partial charge in [-0.1, -0.05) is 48.5 Å². The number of hydrogen-bond acceptors (Lipinski definition) is 4. The number of nitrogens with one attached hydrogen (secondary N) is 1. The molecule has 0 saturated heterocycles. The van der Waals surface area contributed by atoms with Crippen molar-refractivity contribution in [3.8, 4) is 0 Å². The van der Waals surface area contributed by atoms with Crippen LogP contribution >= 0.6 is 0 Å². The van der Waals surface area contributed by atoms with E-state index in [2.05, 4.69) is 4.99 Å². The molecule has 1 aliphatic heterocycles. The molecule has 27 heavy (non-hydrogen) atoms. The number of hydrogen-bond donors (Lipinski definition) is 1. The number of benzene rings is 2. The first-order valence-electron chi connectivity index (χ1n) is 7.89. The van der Waals surface area contributed by atoms with E-state index >= 15 is 0 Å². The largest absolute Gasteiger partial charge is 0.516 e. The van der Waals surface area contributed by atoms with Crippen molar-refractivity contribution in [2.75, 3.05) is 11.9 Å². The van der Waals surface area contributed by atoms with Crippen molar-refractivity contribution in [1.29, 1.82) is 0 Å². The maximum absolute atomic E-state index is 12.9. The number of nitrogens with zero attached hydrogens (tertiary/aromatic N) is 2. The third-order valence-electron chi connectivity index (χ3n) is 4.17. The Labute approximate surface area is 154 Å². The Morgan fingerprint density at radius 3 is 2.22 bits per heavy atom. The molecule has 0 bridgehead atoms. The molecule has 0 unspecified atom stereocenters. The molecule has 2 aromatic rings. The van der Waals surface area contributed by atoms with Gasteiger partial charge in [-0.05, 0) is 13.0 Å². The van der Waals surface area contributed by atoms with Crippen LogP contribution < -0.4 is 9.62 Å². The average Bonchev–Trinajstić information content (AvgIpc) is 2.72. The summed E-state index contributed by atoms with van der Waals surface area (Å²) in [5.74, 6) is -0.384. The fourth-order valence-electron chi connectivity index (χ4n) is 2.66. The zero-order chi connectivity index (χ0) is 19.8. The summed E-state index contributed by atoms with van der Waals surface area (Å²) in [6.45, 7) is 1.50. The zero-order valence-corrected chi connectivity index (χ0v) is 15.3. The maximum Gasteiger partial charge on any atom is 0.516 e. The molecular weight excluding hydrogens is 379 g/mol. The standard InChI is InChI=1S/C18H16F3N3O2S/c1-12-17(23-27(25,26)18(19,20)21)22-16(13-8-4-3-5-9-13)14-10-6-7-11-15(14)24(12)2/h3-11,23H,1-2H3. The van der Waals surface area contributed by atoms with Crippen LogP contribution in [0.1, 0.15) is 18.1 Å². The molecule has 0 atom stereocenters. The molecule has 5 nitrogen and oxygen atoms in total. The third-order valence-corrected chi connectivity index (χ3v) is 5.24. The van der Waals surface area contributed by atoms with Crippen LogP contribution in [0.4, 0.5) is 18.9 Å². The molecule has 142 valence electrons. The summed E-state index contributed by atoms with van der Waals surface area (Å²) in [6.07, 6.45) is 0. The topological polar surface area (TPSA) is 61.8 Å². The first-order chi connectivity index (χ1) is 12.6. The Morgan fingerprint density at radius 2 is 1.59 bits per heavy atom. The molecule has 9 heteroatoms. The van der Waals surface area contributed by atoms with Gasteiger partial charge >= 0.3 is 15.5 Å². The minimum absolute atomic E-state index is 0.237. The molecule has 0 aromatic heterocycles. The van der Waals surface area contributed by atoms with Crippen LogP contribution in [-0.2, 0) is 10.0 Å². The van der Waals surface area contributed by atoms with Gasteiger partial charge in [0.25, 0.3) is 0 Å². The molecular formula is C18H16F3N3O2S. The van der Waals surface area contributed by atoms with Crippen LogP contribution in [-0.4, -0.2) is 26.7 Å². The highest BCUT2D eigenvalue weighted by Crippen LogP contribution is 2.31. The minimum atomic E-state index is -5.60. The van der Waals surface area contributed by atoms with Crippen LogP contribution in [0.5, 0.6) is 0 Å². The summed E-state index contributed by atoms with van der Waals surface area (Å²) >= 11 is 0. The van der Waals surface area contributed by atoms with Gasteiger partial charge < -0.3 is 4.90 Å². The second-order valence-electron chi connectivity index (χ2n) is 5.89. The summed E-state index contributed by atoms with van der Waals surface area (Å²) in [5.41, 5.74) is -2.82. The van der Waals surface area contributed by atoms with Gasteiger partial charge in [0.15, 0.2) is 5.82 Å². The lowest BCUT2D eigenvalue weighted by molar-refractivity contribution is -0.0445. The lowest BCUT2D eigenvalue weighted by Crippen LogP contribution is -2.37. The summed E-state index contributed by atoms with van der Waals surface area (Å²) in [7, 11) is -3.97. The van der Waals surface area contributed by atoms with E-state index in [1.807, 2.05) is 0 Å². The summed E-state index contributed by atoms with van der Waals surface area (Å²) < 4.78 is 63.5. The molecule has 1 N–H and O–H groups in total. The fourth-order valence-corrected chi connectivity index (χ4v) is 3.22. The van der Waals surface area contributed by atoms with Gasteiger partial charge in [0, 0.05) is 18.2 Å². The van der Waals surface area contributed by atoms with Crippen molar-refractivity contribution in [3.63, 3.8) is 0 Å². The smallest absolute Gasteiger partial charge is 0.345 e. The molecule has 0 saturated carbocycles. The van der Waals surface area contributed by atoms with E-state index in [-0.39, 0.29) is 11.5 Å². The van der Waals surface area contributed by atoms with E-state index in [0.717, 1.165) is 0 Å². The molecule has 2 aromatic carbocycles. The van der Waals surface area contributed by atoms with Crippen LogP contribution in [0.25, 0.3) is 0 Å². The van der Waals surface area contributed by atoms with E-state index in [1.165, 1.54) is 6.92 Å². The van der Waals surface area contributed by atoms with Gasteiger partial charge in [0.1, 0.15) is 0 Å². The van der Waals surface area contributed by atoms with Gasteiger partial charge in [-0.3, -0.25) is 4.72 Å². The zero-order valence-electron chi connectivity index (χ0n) is 14.4. The Kier molecular flexibility index (Phi) is 4.73. The summed E-state index contributed by atoms with van der Waals surface area (Å²) in [6, 6.07) is 16.0. The molecule has 0 spiro atoms. The number of sulfonamides is 1. The molecule has 3 rings (SSSR count). The van der Waals surface area contributed by atoms with E-state index in [9.17, 15) is 21.6 Å². The monoisotopic (exact) mass is 395 g/mol. The Balaban J connectivity index is 2.23. The van der Waals surface area contributed by atoms with Gasteiger partial charge in [-0.2, -0.15) is 21.6 Å². The van der Waals surface area contributed by atoms with E-state index in [0.29, 0.717) is 22.5 Å². The quantitative estimate of drug-likeness (QED) is 0.864. The fraction of sp³-hybridized carbons (Fsp3) is 0.167. The molecule has 0 radical (unpaired) electrons. The van der Waals surface area contributed by atoms with E-state index in [1.54, 1.807) is 71.3 Å². The van der Waals surface area contributed by atoms with E-state index < -0.39 is 15.5 Å². The minimum Gasteiger partial charge on any atom is -0.345 e. The molecule has 0 aliphatic carbocycles. The van der Waals surface area contributed by atoms with Crippen LogP contribution in [0.15, 0.2) is 71.1 Å². The third kappa shape index (κ3) is 3.55. The van der Waals surface area contributed by atoms with E-state index in [4.69, 9.17) is 0 Å². The van der Waals surface area contributed by atoms with Crippen molar-refractivity contribution >= 4 is 21.4 Å². The first-order valence-corrected chi connectivity index (χ1v) is 9.37. The Bertz CT molecular complexity index is 1030. The van der Waals surface area contributed by atoms with Crippen LogP contribution in [0.2, 0.25) is 0 Å². The van der Waals surface area contributed by atoms with Gasteiger partial charge in [0.05, 0.1) is 17.1 Å².